The Morgan fingerprint density at radius 2 is 1.92 bits per heavy atom. The third-order valence-electron chi connectivity index (χ3n) is 3.63. The zero-order chi connectivity index (χ0) is 18.5. The summed E-state index contributed by atoms with van der Waals surface area (Å²) in [6, 6.07) is 7.91. The molecule has 134 valence electrons. The van der Waals surface area contributed by atoms with Crippen molar-refractivity contribution in [1.82, 2.24) is 0 Å². The number of hydrogen-bond donors (Lipinski definition) is 0. The van der Waals surface area contributed by atoms with E-state index in [0.29, 0.717) is 33.8 Å². The van der Waals surface area contributed by atoms with Gasteiger partial charge >= 0.3 is 11.6 Å². The average molecular weight is 356 g/mol. The van der Waals surface area contributed by atoms with Gasteiger partial charge in [-0.2, -0.15) is 0 Å². The zero-order valence-electron chi connectivity index (χ0n) is 14.2. The molecule has 26 heavy (non-hydrogen) atoms. The van der Waals surface area contributed by atoms with Crippen molar-refractivity contribution in [2.75, 3.05) is 14.2 Å². The van der Waals surface area contributed by atoms with E-state index in [2.05, 4.69) is 0 Å². The molecule has 0 spiro atoms. The van der Waals surface area contributed by atoms with Crippen molar-refractivity contribution in [3.05, 3.63) is 64.4 Å². The second kappa shape index (κ2) is 7.60. The van der Waals surface area contributed by atoms with Gasteiger partial charge in [0, 0.05) is 29.2 Å². The average Bonchev–Trinajstić information content (AvgIpc) is 3.16. The first-order valence-electron chi connectivity index (χ1n) is 7.68. The van der Waals surface area contributed by atoms with Gasteiger partial charge in [0.15, 0.2) is 11.5 Å². The molecule has 2 aromatic heterocycles. The fourth-order valence-corrected chi connectivity index (χ4v) is 2.41. The first-order chi connectivity index (χ1) is 12.6. The van der Waals surface area contributed by atoms with Crippen molar-refractivity contribution in [3.8, 4) is 11.5 Å². The Morgan fingerprint density at radius 1 is 1.15 bits per heavy atom. The van der Waals surface area contributed by atoms with E-state index in [9.17, 15) is 9.59 Å². The van der Waals surface area contributed by atoms with E-state index in [0.717, 1.165) is 0 Å². The summed E-state index contributed by atoms with van der Waals surface area (Å²) in [5.74, 6) is 0.866. The number of carbonyl (C=O) groups is 1. The van der Waals surface area contributed by atoms with Gasteiger partial charge in [-0.05, 0) is 24.3 Å². The first kappa shape index (κ1) is 17.3. The van der Waals surface area contributed by atoms with Crippen molar-refractivity contribution >= 4 is 23.0 Å². The molecule has 0 aliphatic heterocycles. The number of esters is 1. The number of furan rings is 1. The summed E-state index contributed by atoms with van der Waals surface area (Å²) in [4.78, 5) is 23.6. The largest absolute Gasteiger partial charge is 0.493 e. The summed E-state index contributed by atoms with van der Waals surface area (Å²) in [6.45, 7) is -0.0983. The van der Waals surface area contributed by atoms with Gasteiger partial charge in [0.05, 0.1) is 20.5 Å². The fraction of sp³-hybridized carbons (Fsp3) is 0.158. The van der Waals surface area contributed by atoms with E-state index in [4.69, 9.17) is 23.0 Å². The highest BCUT2D eigenvalue weighted by Crippen LogP contribution is 2.33. The van der Waals surface area contributed by atoms with Gasteiger partial charge < -0.3 is 23.0 Å². The van der Waals surface area contributed by atoms with Crippen LogP contribution in [0.5, 0.6) is 11.5 Å². The van der Waals surface area contributed by atoms with Crippen molar-refractivity contribution in [2.45, 2.75) is 6.61 Å². The lowest BCUT2D eigenvalue weighted by Crippen LogP contribution is -2.06. The molecule has 0 aliphatic carbocycles. The quantitative estimate of drug-likeness (QED) is 0.381. The third kappa shape index (κ3) is 3.77. The number of methoxy groups -OCH3 is 2. The number of ether oxygens (including phenoxy) is 3. The maximum Gasteiger partial charge on any atom is 0.336 e. The Hall–Kier alpha value is -3.48. The van der Waals surface area contributed by atoms with Crippen LogP contribution < -0.4 is 15.1 Å². The number of hydrogen-bond acceptors (Lipinski definition) is 7. The maximum atomic E-state index is 11.9. The van der Waals surface area contributed by atoms with E-state index in [1.165, 1.54) is 38.7 Å². The summed E-state index contributed by atoms with van der Waals surface area (Å²) < 4.78 is 25.9. The first-order valence-corrected chi connectivity index (χ1v) is 7.68. The Bertz CT molecular complexity index is 997. The molecule has 0 unspecified atom stereocenters. The molecule has 0 saturated carbocycles. The predicted molar refractivity (Wildman–Crippen MR) is 93.1 cm³/mol. The monoisotopic (exact) mass is 356 g/mol. The Labute approximate surface area is 148 Å². The summed E-state index contributed by atoms with van der Waals surface area (Å²) in [6.07, 6.45) is 4.24. The molecule has 3 rings (SSSR count). The SMILES string of the molecule is COc1cc2oc(=O)cc(COC(=O)C=Cc3ccco3)c2cc1OC. The van der Waals surface area contributed by atoms with Gasteiger partial charge in [0.2, 0.25) is 0 Å². The van der Waals surface area contributed by atoms with Gasteiger partial charge in [0.1, 0.15) is 18.0 Å². The summed E-state index contributed by atoms with van der Waals surface area (Å²) in [7, 11) is 2.99. The lowest BCUT2D eigenvalue weighted by atomic mass is 10.1. The van der Waals surface area contributed by atoms with Crippen LogP contribution in [0.2, 0.25) is 0 Å². The lowest BCUT2D eigenvalue weighted by molar-refractivity contribution is -0.138. The second-order valence-corrected chi connectivity index (χ2v) is 5.25. The predicted octanol–water partition coefficient (Wildman–Crippen LogP) is 3.16. The molecular weight excluding hydrogens is 340 g/mol. The van der Waals surface area contributed by atoms with Crippen molar-refractivity contribution in [2.24, 2.45) is 0 Å². The Kier molecular flexibility index (Phi) is 5.07. The van der Waals surface area contributed by atoms with Gasteiger partial charge in [-0.3, -0.25) is 0 Å². The summed E-state index contributed by atoms with van der Waals surface area (Å²) >= 11 is 0. The third-order valence-corrected chi connectivity index (χ3v) is 3.63. The van der Waals surface area contributed by atoms with Gasteiger partial charge in [-0.15, -0.1) is 0 Å². The molecule has 2 heterocycles. The van der Waals surface area contributed by atoms with Crippen LogP contribution in [-0.2, 0) is 16.1 Å². The van der Waals surface area contributed by atoms with Crippen LogP contribution in [-0.4, -0.2) is 20.2 Å². The highest BCUT2D eigenvalue weighted by atomic mass is 16.5. The maximum absolute atomic E-state index is 11.9. The number of carbonyl (C=O) groups excluding carboxylic acids is 1. The molecule has 7 heteroatoms. The fourth-order valence-electron chi connectivity index (χ4n) is 2.41. The van der Waals surface area contributed by atoms with Crippen molar-refractivity contribution in [3.63, 3.8) is 0 Å². The van der Waals surface area contributed by atoms with Crippen LogP contribution in [0.4, 0.5) is 0 Å². The normalized spacial score (nSPS) is 11.0. The highest BCUT2D eigenvalue weighted by Gasteiger charge is 2.13. The number of fused-ring (bicyclic) bond motifs is 1. The molecule has 1 aromatic carbocycles. The minimum absolute atomic E-state index is 0.0983. The standard InChI is InChI=1S/C19H16O7/c1-22-16-9-14-12(8-19(21)26-15(14)10-17(16)23-2)11-25-18(20)6-5-13-4-3-7-24-13/h3-10H,11H2,1-2H3. The van der Waals surface area contributed by atoms with Crippen molar-refractivity contribution in [1.29, 1.82) is 0 Å². The van der Waals surface area contributed by atoms with E-state index in [-0.39, 0.29) is 6.61 Å². The minimum atomic E-state index is -0.566. The van der Waals surface area contributed by atoms with E-state index >= 15 is 0 Å². The lowest BCUT2D eigenvalue weighted by Gasteiger charge is -2.11. The molecule has 0 aliphatic rings. The number of rotatable bonds is 6. The van der Waals surface area contributed by atoms with E-state index in [1.54, 1.807) is 24.3 Å². The molecule has 0 radical (unpaired) electrons. The van der Waals surface area contributed by atoms with Crippen LogP contribution >= 0.6 is 0 Å². The zero-order valence-corrected chi connectivity index (χ0v) is 14.2. The molecule has 0 amide bonds. The molecular formula is C19H16O7. The molecule has 0 saturated heterocycles. The Morgan fingerprint density at radius 3 is 2.62 bits per heavy atom. The summed E-state index contributed by atoms with van der Waals surface area (Å²) in [5.41, 5.74) is 0.256. The van der Waals surface area contributed by atoms with E-state index in [1.807, 2.05) is 0 Å². The molecule has 0 atom stereocenters. The molecule has 3 aromatic rings. The van der Waals surface area contributed by atoms with Crippen LogP contribution in [0.1, 0.15) is 11.3 Å². The molecule has 0 bridgehead atoms. The highest BCUT2D eigenvalue weighted by molar-refractivity contribution is 5.87. The van der Waals surface area contributed by atoms with Gasteiger partial charge in [0.25, 0.3) is 0 Å². The second-order valence-electron chi connectivity index (χ2n) is 5.25. The van der Waals surface area contributed by atoms with Crippen LogP contribution in [0, 0.1) is 0 Å². The van der Waals surface area contributed by atoms with Crippen LogP contribution in [0.3, 0.4) is 0 Å². The van der Waals surface area contributed by atoms with Gasteiger partial charge in [-0.1, -0.05) is 0 Å². The minimum Gasteiger partial charge on any atom is -0.493 e. The molecule has 7 nitrogen and oxygen atoms in total. The Balaban J connectivity index is 1.84. The van der Waals surface area contributed by atoms with Gasteiger partial charge in [-0.25, -0.2) is 9.59 Å². The topological polar surface area (TPSA) is 88.1 Å². The van der Waals surface area contributed by atoms with Crippen molar-refractivity contribution < 1.29 is 27.8 Å². The van der Waals surface area contributed by atoms with Crippen LogP contribution in [0.25, 0.3) is 17.0 Å². The smallest absolute Gasteiger partial charge is 0.336 e. The number of benzene rings is 1. The molecule has 0 N–H and O–H groups in total. The molecule has 0 fully saturated rings. The van der Waals surface area contributed by atoms with Crippen LogP contribution in [0.15, 0.2) is 56.3 Å². The summed E-state index contributed by atoms with van der Waals surface area (Å²) in [5, 5.41) is 0.588. The van der Waals surface area contributed by atoms with E-state index < -0.39 is 11.6 Å².